The Balaban J connectivity index is 2.87. The summed E-state index contributed by atoms with van der Waals surface area (Å²) in [6, 6.07) is 1.54. The van der Waals surface area contributed by atoms with Gasteiger partial charge in [-0.15, -0.1) is 0 Å². The fourth-order valence-corrected chi connectivity index (χ4v) is 3.57. The largest absolute Gasteiger partial charge is 0.380 e. The fourth-order valence-electron chi connectivity index (χ4n) is 1.66. The van der Waals surface area contributed by atoms with Crippen molar-refractivity contribution in [3.8, 4) is 0 Å². The molecule has 0 saturated carbocycles. The molecule has 0 N–H and O–H groups in total. The molecule has 0 aromatic carbocycles. The van der Waals surface area contributed by atoms with Gasteiger partial charge in [-0.3, -0.25) is 4.98 Å². The molecule has 0 amide bonds. The molecule has 0 radical (unpaired) electrons. The lowest BCUT2D eigenvalue weighted by Gasteiger charge is -2.22. The summed E-state index contributed by atoms with van der Waals surface area (Å²) >= 11 is 3.24. The highest BCUT2D eigenvalue weighted by atomic mass is 79.9. The first kappa shape index (κ1) is 18.5. The van der Waals surface area contributed by atoms with E-state index in [2.05, 4.69) is 20.9 Å². The normalized spacial score (nSPS) is 12.0. The minimum Gasteiger partial charge on any atom is -0.380 e. The van der Waals surface area contributed by atoms with E-state index in [1.807, 2.05) is 13.8 Å². The molecule has 120 valence electrons. The Morgan fingerprint density at radius 3 is 2.19 bits per heavy atom. The van der Waals surface area contributed by atoms with Crippen LogP contribution in [0.2, 0.25) is 0 Å². The fraction of sp³-hybridized carbons (Fsp3) is 0.615. The first-order valence-corrected chi connectivity index (χ1v) is 9.01. The van der Waals surface area contributed by atoms with E-state index < -0.39 is 10.0 Å². The van der Waals surface area contributed by atoms with Crippen LogP contribution in [0.5, 0.6) is 0 Å². The summed E-state index contributed by atoms with van der Waals surface area (Å²) in [6.07, 6.45) is 2.89. The summed E-state index contributed by atoms with van der Waals surface area (Å²) in [5.41, 5.74) is 0. The average molecular weight is 381 g/mol. The van der Waals surface area contributed by atoms with Crippen LogP contribution < -0.4 is 0 Å². The van der Waals surface area contributed by atoms with Crippen molar-refractivity contribution >= 4 is 26.0 Å². The van der Waals surface area contributed by atoms with Crippen LogP contribution in [-0.2, 0) is 19.5 Å². The predicted molar refractivity (Wildman–Crippen MR) is 83.7 cm³/mol. The number of halogens is 1. The Bertz CT molecular complexity index is 515. The van der Waals surface area contributed by atoms with Gasteiger partial charge >= 0.3 is 0 Å². The van der Waals surface area contributed by atoms with Crippen molar-refractivity contribution in [3.63, 3.8) is 0 Å². The molecule has 0 bridgehead atoms. The molecule has 1 rings (SSSR count). The molecule has 8 heteroatoms. The zero-order chi connectivity index (χ0) is 15.7. The smallest absolute Gasteiger partial charge is 0.244 e. The lowest BCUT2D eigenvalue weighted by Crippen LogP contribution is -2.36. The number of rotatable bonds is 10. The average Bonchev–Trinajstić information content (AvgIpc) is 2.46. The highest BCUT2D eigenvalue weighted by molar-refractivity contribution is 9.10. The Labute approximate surface area is 134 Å². The summed E-state index contributed by atoms with van der Waals surface area (Å²) in [5.74, 6) is 0. The standard InChI is InChI=1S/C13H21BrN2O4S/c1-3-19-7-5-16(6-8-20-4-2)21(17,18)13-9-12(14)10-15-11-13/h9-11H,3-8H2,1-2H3. The van der Waals surface area contributed by atoms with E-state index in [0.29, 0.717) is 30.9 Å². The molecule has 21 heavy (non-hydrogen) atoms. The number of hydrogen-bond donors (Lipinski definition) is 0. The summed E-state index contributed by atoms with van der Waals surface area (Å²) < 4.78 is 37.7. The molecule has 0 aliphatic carbocycles. The molecule has 0 atom stereocenters. The zero-order valence-corrected chi connectivity index (χ0v) is 14.7. The molecule has 0 fully saturated rings. The number of aromatic nitrogens is 1. The highest BCUT2D eigenvalue weighted by Gasteiger charge is 2.24. The van der Waals surface area contributed by atoms with Gasteiger partial charge < -0.3 is 9.47 Å². The molecule has 6 nitrogen and oxygen atoms in total. The van der Waals surface area contributed by atoms with Crippen molar-refractivity contribution in [2.24, 2.45) is 0 Å². The minimum atomic E-state index is -3.60. The quantitative estimate of drug-likeness (QED) is 0.579. The third kappa shape index (κ3) is 5.99. The lowest BCUT2D eigenvalue weighted by atomic mass is 10.5. The van der Waals surface area contributed by atoms with Gasteiger partial charge in [-0.2, -0.15) is 4.31 Å². The SMILES string of the molecule is CCOCCN(CCOCC)S(=O)(=O)c1cncc(Br)c1. The molecule has 0 spiro atoms. The molecule has 0 saturated heterocycles. The van der Waals surface area contributed by atoms with E-state index in [0.717, 1.165) is 0 Å². The number of ether oxygens (including phenoxy) is 2. The van der Waals surface area contributed by atoms with E-state index in [4.69, 9.17) is 9.47 Å². The summed E-state index contributed by atoms with van der Waals surface area (Å²) in [5, 5.41) is 0. The van der Waals surface area contributed by atoms with Gasteiger partial charge in [-0.05, 0) is 35.8 Å². The number of nitrogens with zero attached hydrogens (tertiary/aromatic N) is 2. The lowest BCUT2D eigenvalue weighted by molar-refractivity contribution is 0.110. The maximum absolute atomic E-state index is 12.6. The second-order valence-corrected chi connectivity index (χ2v) is 6.99. The van der Waals surface area contributed by atoms with Crippen LogP contribution in [0.3, 0.4) is 0 Å². The van der Waals surface area contributed by atoms with Gasteiger partial charge in [0.1, 0.15) is 4.90 Å². The van der Waals surface area contributed by atoms with Crippen LogP contribution >= 0.6 is 15.9 Å². The maximum atomic E-state index is 12.6. The Morgan fingerprint density at radius 2 is 1.71 bits per heavy atom. The van der Waals surface area contributed by atoms with E-state index in [-0.39, 0.29) is 18.0 Å². The molecule has 0 aliphatic heterocycles. The van der Waals surface area contributed by atoms with Gasteiger partial charge in [-0.25, -0.2) is 8.42 Å². The predicted octanol–water partition coefficient (Wildman–Crippen LogP) is 1.91. The van der Waals surface area contributed by atoms with Gasteiger partial charge in [-0.1, -0.05) is 0 Å². The third-order valence-corrected chi connectivity index (χ3v) is 4.99. The first-order chi connectivity index (χ1) is 10.0. The second kappa shape index (κ2) is 9.47. The molecule has 0 unspecified atom stereocenters. The monoisotopic (exact) mass is 380 g/mol. The van der Waals surface area contributed by atoms with Crippen molar-refractivity contribution in [2.45, 2.75) is 18.7 Å². The van der Waals surface area contributed by atoms with E-state index in [9.17, 15) is 8.42 Å². The minimum absolute atomic E-state index is 0.157. The number of hydrogen-bond acceptors (Lipinski definition) is 5. The van der Waals surface area contributed by atoms with Gasteiger partial charge in [0, 0.05) is 43.2 Å². The molecular formula is C13H21BrN2O4S. The zero-order valence-electron chi connectivity index (χ0n) is 12.3. The summed E-state index contributed by atoms with van der Waals surface area (Å²) in [7, 11) is -3.60. The van der Waals surface area contributed by atoms with Crippen LogP contribution in [0.15, 0.2) is 27.8 Å². The van der Waals surface area contributed by atoms with Crippen molar-refractivity contribution in [2.75, 3.05) is 39.5 Å². The topological polar surface area (TPSA) is 68.7 Å². The molecular weight excluding hydrogens is 360 g/mol. The van der Waals surface area contributed by atoms with Crippen molar-refractivity contribution in [3.05, 3.63) is 22.9 Å². The van der Waals surface area contributed by atoms with Crippen LogP contribution in [0.4, 0.5) is 0 Å². The van der Waals surface area contributed by atoms with Crippen molar-refractivity contribution in [1.82, 2.24) is 9.29 Å². The molecule has 1 aromatic rings. The third-order valence-electron chi connectivity index (χ3n) is 2.70. The first-order valence-electron chi connectivity index (χ1n) is 6.78. The van der Waals surface area contributed by atoms with E-state index in [1.165, 1.54) is 16.6 Å². The maximum Gasteiger partial charge on any atom is 0.244 e. The van der Waals surface area contributed by atoms with Crippen LogP contribution in [-0.4, -0.2) is 57.2 Å². The molecule has 0 aliphatic rings. The van der Waals surface area contributed by atoms with Gasteiger partial charge in [0.05, 0.1) is 13.2 Å². The van der Waals surface area contributed by atoms with Crippen LogP contribution in [0.25, 0.3) is 0 Å². The van der Waals surface area contributed by atoms with Gasteiger partial charge in [0.25, 0.3) is 0 Å². The van der Waals surface area contributed by atoms with E-state index in [1.54, 1.807) is 6.20 Å². The van der Waals surface area contributed by atoms with E-state index >= 15 is 0 Å². The Kier molecular flexibility index (Phi) is 8.35. The summed E-state index contributed by atoms with van der Waals surface area (Å²) in [4.78, 5) is 4.07. The van der Waals surface area contributed by atoms with Gasteiger partial charge in [0.2, 0.25) is 10.0 Å². The van der Waals surface area contributed by atoms with Crippen LogP contribution in [0, 0.1) is 0 Å². The highest BCUT2D eigenvalue weighted by Crippen LogP contribution is 2.18. The Morgan fingerprint density at radius 1 is 1.14 bits per heavy atom. The number of sulfonamides is 1. The Hall–Kier alpha value is -0.540. The molecule has 1 aromatic heterocycles. The second-order valence-electron chi connectivity index (χ2n) is 4.14. The summed E-state index contributed by atoms with van der Waals surface area (Å²) in [6.45, 7) is 6.13. The number of pyridine rings is 1. The van der Waals surface area contributed by atoms with Crippen molar-refractivity contribution < 1.29 is 17.9 Å². The molecule has 1 heterocycles. The van der Waals surface area contributed by atoms with Gasteiger partial charge in [0.15, 0.2) is 0 Å². The van der Waals surface area contributed by atoms with Crippen LogP contribution in [0.1, 0.15) is 13.8 Å². The van der Waals surface area contributed by atoms with Crippen molar-refractivity contribution in [1.29, 1.82) is 0 Å².